The summed E-state index contributed by atoms with van der Waals surface area (Å²) >= 11 is 0. The summed E-state index contributed by atoms with van der Waals surface area (Å²) in [6.45, 7) is 12.5. The molecule has 2 aliphatic rings. The Kier molecular flexibility index (Phi) is 6.32. The summed E-state index contributed by atoms with van der Waals surface area (Å²) in [5.74, 6) is 0.183. The molecule has 2 heterocycles. The Hall–Kier alpha value is -1.59. The van der Waals surface area contributed by atoms with Crippen LogP contribution in [0.15, 0.2) is 24.3 Å². The van der Waals surface area contributed by atoms with E-state index in [4.69, 9.17) is 0 Å². The van der Waals surface area contributed by atoms with Gasteiger partial charge in [-0.15, -0.1) is 0 Å². The SMILES string of the molecule is CCCN(CC)c1ccc(C(=O)N2CCC(N3CCNCC3)C2)cc1. The number of carbonyl (C=O) groups excluding carboxylic acids is 1. The van der Waals surface area contributed by atoms with Gasteiger partial charge in [0.05, 0.1) is 0 Å². The fourth-order valence-electron chi connectivity index (χ4n) is 4.01. The van der Waals surface area contributed by atoms with Crippen LogP contribution in [0, 0.1) is 0 Å². The number of nitrogens with zero attached hydrogens (tertiary/aromatic N) is 3. The van der Waals surface area contributed by atoms with Crippen molar-refractivity contribution in [1.29, 1.82) is 0 Å². The van der Waals surface area contributed by atoms with Gasteiger partial charge in [0.15, 0.2) is 0 Å². The number of amides is 1. The number of nitrogens with one attached hydrogen (secondary N) is 1. The van der Waals surface area contributed by atoms with Crippen molar-refractivity contribution in [2.75, 3.05) is 57.3 Å². The maximum absolute atomic E-state index is 12.8. The number of hydrogen-bond donors (Lipinski definition) is 1. The number of hydrogen-bond acceptors (Lipinski definition) is 4. The van der Waals surface area contributed by atoms with Crippen molar-refractivity contribution in [3.05, 3.63) is 29.8 Å². The molecule has 2 saturated heterocycles. The summed E-state index contributed by atoms with van der Waals surface area (Å²) < 4.78 is 0. The van der Waals surface area contributed by atoms with Crippen molar-refractivity contribution in [3.8, 4) is 0 Å². The van der Waals surface area contributed by atoms with E-state index in [2.05, 4.69) is 41.1 Å². The van der Waals surface area contributed by atoms with Crippen molar-refractivity contribution < 1.29 is 4.79 Å². The van der Waals surface area contributed by atoms with Crippen LogP contribution in [-0.2, 0) is 0 Å². The fraction of sp³-hybridized carbons (Fsp3) is 0.650. The summed E-state index contributed by atoms with van der Waals surface area (Å²) in [6, 6.07) is 8.71. The molecule has 0 spiro atoms. The van der Waals surface area contributed by atoms with E-state index in [9.17, 15) is 4.79 Å². The lowest BCUT2D eigenvalue weighted by Crippen LogP contribution is -2.49. The van der Waals surface area contributed by atoms with Gasteiger partial charge in [0, 0.05) is 69.7 Å². The maximum atomic E-state index is 12.8. The standard InChI is InChI=1S/C20H32N4O/c1-3-12-22(4-2)18-7-5-17(6-8-18)20(25)24-13-9-19(16-24)23-14-10-21-11-15-23/h5-8,19,21H,3-4,9-16H2,1-2H3. The second-order valence-corrected chi connectivity index (χ2v) is 7.11. The highest BCUT2D eigenvalue weighted by atomic mass is 16.2. The van der Waals surface area contributed by atoms with Crippen LogP contribution in [0.2, 0.25) is 0 Å². The lowest BCUT2D eigenvalue weighted by atomic mass is 10.1. The normalized spacial score (nSPS) is 21.5. The molecule has 0 aromatic heterocycles. The molecule has 25 heavy (non-hydrogen) atoms. The topological polar surface area (TPSA) is 38.8 Å². The summed E-state index contributed by atoms with van der Waals surface area (Å²) in [7, 11) is 0. The van der Waals surface area contributed by atoms with Crippen LogP contribution < -0.4 is 10.2 Å². The smallest absolute Gasteiger partial charge is 0.253 e. The molecule has 3 rings (SSSR count). The van der Waals surface area contributed by atoms with Gasteiger partial charge in [-0.3, -0.25) is 9.69 Å². The molecule has 2 aliphatic heterocycles. The Morgan fingerprint density at radius 2 is 1.88 bits per heavy atom. The van der Waals surface area contributed by atoms with Gasteiger partial charge < -0.3 is 15.1 Å². The molecule has 1 unspecified atom stereocenters. The monoisotopic (exact) mass is 344 g/mol. The van der Waals surface area contributed by atoms with E-state index in [0.717, 1.165) is 70.8 Å². The number of likely N-dealkylation sites (tertiary alicyclic amines) is 1. The Bertz CT molecular complexity index is 553. The third kappa shape index (κ3) is 4.33. The predicted molar refractivity (Wildman–Crippen MR) is 103 cm³/mol. The lowest BCUT2D eigenvalue weighted by Gasteiger charge is -2.32. The zero-order chi connectivity index (χ0) is 17.6. The van der Waals surface area contributed by atoms with Crippen LogP contribution in [0.1, 0.15) is 37.0 Å². The minimum atomic E-state index is 0.183. The molecular weight excluding hydrogens is 312 g/mol. The second kappa shape index (κ2) is 8.68. The van der Waals surface area contributed by atoms with Crippen LogP contribution >= 0.6 is 0 Å². The molecule has 2 fully saturated rings. The maximum Gasteiger partial charge on any atom is 0.253 e. The Morgan fingerprint density at radius 3 is 2.52 bits per heavy atom. The number of anilines is 1. The van der Waals surface area contributed by atoms with Crippen LogP contribution in [0.4, 0.5) is 5.69 Å². The van der Waals surface area contributed by atoms with Crippen LogP contribution in [0.25, 0.3) is 0 Å². The van der Waals surface area contributed by atoms with Crippen molar-refractivity contribution in [2.24, 2.45) is 0 Å². The zero-order valence-electron chi connectivity index (χ0n) is 15.7. The van der Waals surface area contributed by atoms with E-state index in [1.807, 2.05) is 17.0 Å². The average Bonchev–Trinajstić information content (AvgIpc) is 3.16. The molecule has 0 bridgehead atoms. The number of piperazine rings is 1. The Balaban J connectivity index is 1.59. The highest BCUT2D eigenvalue weighted by molar-refractivity contribution is 5.94. The minimum absolute atomic E-state index is 0.183. The summed E-state index contributed by atoms with van der Waals surface area (Å²) in [5, 5.41) is 3.40. The van der Waals surface area contributed by atoms with Gasteiger partial charge in [0.2, 0.25) is 0 Å². The largest absolute Gasteiger partial charge is 0.372 e. The molecule has 0 radical (unpaired) electrons. The number of benzene rings is 1. The van der Waals surface area contributed by atoms with Crippen molar-refractivity contribution >= 4 is 11.6 Å². The number of carbonyl (C=O) groups is 1. The molecule has 5 nitrogen and oxygen atoms in total. The van der Waals surface area contributed by atoms with Crippen molar-refractivity contribution in [2.45, 2.75) is 32.7 Å². The molecule has 5 heteroatoms. The van der Waals surface area contributed by atoms with E-state index in [-0.39, 0.29) is 5.91 Å². The Morgan fingerprint density at radius 1 is 1.16 bits per heavy atom. The van der Waals surface area contributed by atoms with Crippen LogP contribution in [-0.4, -0.2) is 74.1 Å². The van der Waals surface area contributed by atoms with Gasteiger partial charge in [-0.1, -0.05) is 6.92 Å². The van der Waals surface area contributed by atoms with Gasteiger partial charge in [-0.25, -0.2) is 0 Å². The molecule has 1 N–H and O–H groups in total. The zero-order valence-corrected chi connectivity index (χ0v) is 15.7. The lowest BCUT2D eigenvalue weighted by molar-refractivity contribution is 0.0773. The van der Waals surface area contributed by atoms with E-state index < -0.39 is 0 Å². The first-order chi connectivity index (χ1) is 12.2. The summed E-state index contributed by atoms with van der Waals surface area (Å²) in [5.41, 5.74) is 2.03. The van der Waals surface area contributed by atoms with Gasteiger partial charge in [-0.05, 0) is 44.0 Å². The quantitative estimate of drug-likeness (QED) is 0.857. The predicted octanol–water partition coefficient (Wildman–Crippen LogP) is 2.04. The van der Waals surface area contributed by atoms with E-state index >= 15 is 0 Å². The van der Waals surface area contributed by atoms with Crippen molar-refractivity contribution in [3.63, 3.8) is 0 Å². The molecule has 0 aliphatic carbocycles. The van der Waals surface area contributed by atoms with Crippen LogP contribution in [0.5, 0.6) is 0 Å². The Labute approximate surface area is 152 Å². The molecule has 1 amide bonds. The molecule has 1 atom stereocenters. The van der Waals surface area contributed by atoms with Gasteiger partial charge >= 0.3 is 0 Å². The number of rotatable bonds is 6. The van der Waals surface area contributed by atoms with Gasteiger partial charge in [0.1, 0.15) is 0 Å². The third-order valence-corrected chi connectivity index (χ3v) is 5.47. The first-order valence-electron chi connectivity index (χ1n) is 9.82. The van der Waals surface area contributed by atoms with Crippen LogP contribution in [0.3, 0.4) is 0 Å². The third-order valence-electron chi connectivity index (χ3n) is 5.47. The molecular formula is C20H32N4O. The minimum Gasteiger partial charge on any atom is -0.372 e. The van der Waals surface area contributed by atoms with Crippen molar-refractivity contribution in [1.82, 2.24) is 15.1 Å². The first kappa shape index (κ1) is 18.2. The highest BCUT2D eigenvalue weighted by Crippen LogP contribution is 2.21. The second-order valence-electron chi connectivity index (χ2n) is 7.11. The first-order valence-corrected chi connectivity index (χ1v) is 9.82. The average molecular weight is 345 g/mol. The highest BCUT2D eigenvalue weighted by Gasteiger charge is 2.31. The van der Waals surface area contributed by atoms with E-state index in [1.165, 1.54) is 5.69 Å². The fourth-order valence-corrected chi connectivity index (χ4v) is 4.01. The van der Waals surface area contributed by atoms with Gasteiger partial charge in [0.25, 0.3) is 5.91 Å². The molecule has 1 aromatic rings. The molecule has 138 valence electrons. The van der Waals surface area contributed by atoms with Gasteiger partial charge in [-0.2, -0.15) is 0 Å². The molecule has 1 aromatic carbocycles. The molecule has 0 saturated carbocycles. The summed E-state index contributed by atoms with van der Waals surface area (Å²) in [4.78, 5) is 19.8. The summed E-state index contributed by atoms with van der Waals surface area (Å²) in [6.07, 6.45) is 2.24. The van der Waals surface area contributed by atoms with E-state index in [1.54, 1.807) is 0 Å². The van der Waals surface area contributed by atoms with E-state index in [0.29, 0.717) is 6.04 Å².